The SMILES string of the molecule is O=C1NC(C2CCOCC2)C(=O)N1C1CCC1. The van der Waals surface area contributed by atoms with Gasteiger partial charge in [-0.3, -0.25) is 9.69 Å². The number of rotatable bonds is 2. The lowest BCUT2D eigenvalue weighted by molar-refractivity contribution is -0.132. The topological polar surface area (TPSA) is 58.6 Å². The lowest BCUT2D eigenvalue weighted by Crippen LogP contribution is -2.45. The van der Waals surface area contributed by atoms with Crippen LogP contribution in [0.15, 0.2) is 0 Å². The maximum absolute atomic E-state index is 12.3. The zero-order valence-corrected chi connectivity index (χ0v) is 9.85. The van der Waals surface area contributed by atoms with Gasteiger partial charge < -0.3 is 10.1 Å². The average molecular weight is 238 g/mol. The molecule has 0 radical (unpaired) electrons. The van der Waals surface area contributed by atoms with Crippen molar-refractivity contribution >= 4 is 11.9 Å². The van der Waals surface area contributed by atoms with Gasteiger partial charge >= 0.3 is 6.03 Å². The monoisotopic (exact) mass is 238 g/mol. The number of urea groups is 1. The summed E-state index contributed by atoms with van der Waals surface area (Å²) in [5, 5.41) is 2.85. The molecule has 17 heavy (non-hydrogen) atoms. The number of nitrogens with one attached hydrogen (secondary N) is 1. The van der Waals surface area contributed by atoms with Gasteiger partial charge in [0.1, 0.15) is 6.04 Å². The highest BCUT2D eigenvalue weighted by Gasteiger charge is 2.46. The Kier molecular flexibility index (Phi) is 2.78. The molecule has 3 fully saturated rings. The highest BCUT2D eigenvalue weighted by atomic mass is 16.5. The molecule has 2 saturated heterocycles. The fourth-order valence-electron chi connectivity index (χ4n) is 2.87. The summed E-state index contributed by atoms with van der Waals surface area (Å²) >= 11 is 0. The minimum Gasteiger partial charge on any atom is -0.381 e. The van der Waals surface area contributed by atoms with Gasteiger partial charge in [0.15, 0.2) is 0 Å². The van der Waals surface area contributed by atoms with Crippen LogP contribution < -0.4 is 5.32 Å². The van der Waals surface area contributed by atoms with E-state index in [-0.39, 0.29) is 29.9 Å². The van der Waals surface area contributed by atoms with Gasteiger partial charge in [-0.05, 0) is 38.0 Å². The Labute approximate surface area is 100 Å². The number of ether oxygens (including phenoxy) is 1. The van der Waals surface area contributed by atoms with Crippen molar-refractivity contribution in [1.82, 2.24) is 10.2 Å². The second kappa shape index (κ2) is 4.29. The third-order valence-electron chi connectivity index (χ3n) is 4.18. The van der Waals surface area contributed by atoms with Crippen LogP contribution in [0.4, 0.5) is 4.79 Å². The van der Waals surface area contributed by atoms with Gasteiger partial charge in [-0.1, -0.05) is 0 Å². The summed E-state index contributed by atoms with van der Waals surface area (Å²) < 4.78 is 5.29. The number of amides is 3. The van der Waals surface area contributed by atoms with Crippen molar-refractivity contribution in [2.24, 2.45) is 5.92 Å². The Hall–Kier alpha value is -1.10. The van der Waals surface area contributed by atoms with Crippen molar-refractivity contribution in [2.75, 3.05) is 13.2 Å². The Morgan fingerprint density at radius 2 is 1.82 bits per heavy atom. The van der Waals surface area contributed by atoms with Crippen molar-refractivity contribution in [1.29, 1.82) is 0 Å². The molecule has 3 aliphatic rings. The zero-order chi connectivity index (χ0) is 11.8. The maximum atomic E-state index is 12.3. The van der Waals surface area contributed by atoms with E-state index in [4.69, 9.17) is 4.74 Å². The first kappa shape index (κ1) is 11.0. The van der Waals surface area contributed by atoms with E-state index in [0.717, 1.165) is 32.1 Å². The standard InChI is InChI=1S/C12H18N2O3/c15-11-10(8-4-6-17-7-5-8)13-12(16)14(11)9-2-1-3-9/h8-10H,1-7H2,(H,13,16). The van der Waals surface area contributed by atoms with Crippen LogP contribution in [0.25, 0.3) is 0 Å². The third-order valence-corrected chi connectivity index (χ3v) is 4.18. The van der Waals surface area contributed by atoms with Crippen molar-refractivity contribution in [3.63, 3.8) is 0 Å². The third kappa shape index (κ3) is 1.82. The smallest absolute Gasteiger partial charge is 0.325 e. The number of imide groups is 1. The van der Waals surface area contributed by atoms with Gasteiger partial charge in [-0.25, -0.2) is 4.79 Å². The lowest BCUT2D eigenvalue weighted by Gasteiger charge is -2.32. The number of carbonyl (C=O) groups excluding carboxylic acids is 2. The van der Waals surface area contributed by atoms with Crippen LogP contribution in [0, 0.1) is 5.92 Å². The molecule has 1 aliphatic carbocycles. The van der Waals surface area contributed by atoms with E-state index in [1.807, 2.05) is 0 Å². The molecule has 5 nitrogen and oxygen atoms in total. The van der Waals surface area contributed by atoms with Crippen molar-refractivity contribution in [3.05, 3.63) is 0 Å². The Balaban J connectivity index is 1.70. The molecule has 2 aliphatic heterocycles. The molecule has 1 atom stereocenters. The normalized spacial score (nSPS) is 31.5. The summed E-state index contributed by atoms with van der Waals surface area (Å²) in [5.41, 5.74) is 0. The molecule has 1 unspecified atom stereocenters. The molecule has 0 spiro atoms. The first-order chi connectivity index (χ1) is 8.27. The molecule has 0 aromatic rings. The summed E-state index contributed by atoms with van der Waals surface area (Å²) in [6, 6.07) is -0.324. The summed E-state index contributed by atoms with van der Waals surface area (Å²) in [7, 11) is 0. The molecular formula is C12H18N2O3. The zero-order valence-electron chi connectivity index (χ0n) is 9.85. The summed E-state index contributed by atoms with van der Waals surface area (Å²) in [4.78, 5) is 25.5. The fourth-order valence-corrected chi connectivity index (χ4v) is 2.87. The minimum absolute atomic E-state index is 0.00778. The lowest BCUT2D eigenvalue weighted by atomic mass is 9.89. The van der Waals surface area contributed by atoms with Crippen molar-refractivity contribution in [3.8, 4) is 0 Å². The highest BCUT2D eigenvalue weighted by Crippen LogP contribution is 2.30. The predicted octanol–water partition coefficient (Wildman–Crippen LogP) is 0.886. The fraction of sp³-hybridized carbons (Fsp3) is 0.833. The summed E-state index contributed by atoms with van der Waals surface area (Å²) in [5.74, 6) is 0.247. The van der Waals surface area contributed by atoms with Gasteiger partial charge in [0.2, 0.25) is 0 Å². The van der Waals surface area contributed by atoms with Gasteiger partial charge in [0.05, 0.1) is 0 Å². The van der Waals surface area contributed by atoms with Gasteiger partial charge in [-0.2, -0.15) is 0 Å². The Bertz CT molecular complexity index is 335. The molecule has 2 heterocycles. The van der Waals surface area contributed by atoms with Crippen LogP contribution in [0.1, 0.15) is 32.1 Å². The van der Waals surface area contributed by atoms with E-state index in [2.05, 4.69) is 5.32 Å². The van der Waals surface area contributed by atoms with Crippen molar-refractivity contribution < 1.29 is 14.3 Å². The highest BCUT2D eigenvalue weighted by molar-refractivity contribution is 6.04. The molecule has 5 heteroatoms. The molecule has 0 bridgehead atoms. The van der Waals surface area contributed by atoms with Crippen LogP contribution >= 0.6 is 0 Å². The number of nitrogens with zero attached hydrogens (tertiary/aromatic N) is 1. The molecular weight excluding hydrogens is 220 g/mol. The van der Waals surface area contributed by atoms with Crippen LogP contribution in [-0.2, 0) is 9.53 Å². The van der Waals surface area contributed by atoms with E-state index in [1.165, 1.54) is 4.90 Å². The minimum atomic E-state index is -0.299. The van der Waals surface area contributed by atoms with Crippen LogP contribution in [0.3, 0.4) is 0 Å². The summed E-state index contributed by atoms with van der Waals surface area (Å²) in [6.45, 7) is 1.40. The first-order valence-corrected chi connectivity index (χ1v) is 6.48. The largest absolute Gasteiger partial charge is 0.381 e. The summed E-state index contributed by atoms with van der Waals surface area (Å²) in [6.07, 6.45) is 4.81. The molecule has 1 N–H and O–H groups in total. The number of hydrogen-bond donors (Lipinski definition) is 1. The van der Waals surface area contributed by atoms with Crippen LogP contribution in [0.5, 0.6) is 0 Å². The Morgan fingerprint density at radius 1 is 1.12 bits per heavy atom. The van der Waals surface area contributed by atoms with Gasteiger partial charge in [-0.15, -0.1) is 0 Å². The van der Waals surface area contributed by atoms with Crippen LogP contribution in [-0.4, -0.2) is 42.1 Å². The maximum Gasteiger partial charge on any atom is 0.325 e. The molecule has 0 aromatic heterocycles. The number of carbonyl (C=O) groups is 2. The van der Waals surface area contributed by atoms with Crippen LogP contribution in [0.2, 0.25) is 0 Å². The molecule has 3 rings (SSSR count). The van der Waals surface area contributed by atoms with Gasteiger partial charge in [0, 0.05) is 19.3 Å². The van der Waals surface area contributed by atoms with E-state index in [9.17, 15) is 9.59 Å². The molecule has 94 valence electrons. The van der Waals surface area contributed by atoms with Crippen molar-refractivity contribution in [2.45, 2.75) is 44.2 Å². The number of hydrogen-bond acceptors (Lipinski definition) is 3. The average Bonchev–Trinajstić information content (AvgIpc) is 2.56. The second-order valence-corrected chi connectivity index (χ2v) is 5.17. The Morgan fingerprint density at radius 3 is 2.41 bits per heavy atom. The van der Waals surface area contributed by atoms with E-state index >= 15 is 0 Å². The quantitative estimate of drug-likeness (QED) is 0.727. The predicted molar refractivity (Wildman–Crippen MR) is 60.3 cm³/mol. The van der Waals surface area contributed by atoms with E-state index in [1.54, 1.807) is 0 Å². The first-order valence-electron chi connectivity index (χ1n) is 6.48. The van der Waals surface area contributed by atoms with E-state index in [0.29, 0.717) is 13.2 Å². The second-order valence-electron chi connectivity index (χ2n) is 5.17. The molecule has 3 amide bonds. The van der Waals surface area contributed by atoms with E-state index < -0.39 is 0 Å². The molecule has 1 saturated carbocycles. The van der Waals surface area contributed by atoms with Gasteiger partial charge in [0.25, 0.3) is 5.91 Å². The molecule has 0 aromatic carbocycles.